The molecule has 1 aliphatic heterocycles. The summed E-state index contributed by atoms with van der Waals surface area (Å²) in [5.41, 5.74) is -0.176. The van der Waals surface area contributed by atoms with Gasteiger partial charge in [0.2, 0.25) is 6.61 Å². The number of rotatable bonds is 8. The zero-order valence-electron chi connectivity index (χ0n) is 13.9. The summed E-state index contributed by atoms with van der Waals surface area (Å²) in [4.78, 5) is 38.9. The van der Waals surface area contributed by atoms with Crippen molar-refractivity contribution in [2.75, 3.05) is 19.8 Å². The molecule has 1 aliphatic rings. The molecule has 146 valence electrons. The van der Waals surface area contributed by atoms with Crippen LogP contribution in [-0.2, 0) is 28.6 Å². The third-order valence-corrected chi connectivity index (χ3v) is 4.19. The highest BCUT2D eigenvalue weighted by molar-refractivity contribution is 7.13. The van der Waals surface area contributed by atoms with Gasteiger partial charge in [-0.25, -0.2) is 4.79 Å². The molecule has 1 aromatic heterocycles. The second kappa shape index (κ2) is 10.0. The first-order valence-electron chi connectivity index (χ1n) is 7.76. The van der Waals surface area contributed by atoms with Gasteiger partial charge in [-0.1, -0.05) is 11.2 Å². The lowest BCUT2D eigenvalue weighted by Gasteiger charge is -2.19. The number of thiophene rings is 1. The van der Waals surface area contributed by atoms with Crippen LogP contribution in [0.3, 0.4) is 0 Å². The van der Waals surface area contributed by atoms with E-state index >= 15 is 0 Å². The van der Waals surface area contributed by atoms with Crippen LogP contribution in [0.5, 0.6) is 0 Å². The van der Waals surface area contributed by atoms with Gasteiger partial charge in [0.05, 0.1) is 36.6 Å². The van der Waals surface area contributed by atoms with E-state index in [2.05, 4.69) is 15.3 Å². The van der Waals surface area contributed by atoms with Crippen molar-refractivity contribution in [3.63, 3.8) is 0 Å². The van der Waals surface area contributed by atoms with Crippen LogP contribution < -0.4 is 5.32 Å². The molecule has 1 aromatic rings. The molecule has 11 nitrogen and oxygen atoms in total. The molecule has 4 N–H and O–H groups in total. The van der Waals surface area contributed by atoms with Gasteiger partial charge in [0, 0.05) is 0 Å². The third kappa shape index (κ3) is 6.64. The predicted octanol–water partition coefficient (Wildman–Crippen LogP) is -1.05. The molecule has 1 amide bonds. The van der Waals surface area contributed by atoms with E-state index in [4.69, 9.17) is 19.6 Å². The number of nitrogens with one attached hydrogen (secondary N) is 1. The monoisotopic (exact) mass is 400 g/mol. The lowest BCUT2D eigenvalue weighted by molar-refractivity contribution is -0.142. The van der Waals surface area contributed by atoms with Gasteiger partial charge in [0.25, 0.3) is 5.91 Å². The Labute approximate surface area is 157 Å². The molecular weight excluding hydrogens is 383 g/mol. The molecule has 2 atom stereocenters. The van der Waals surface area contributed by atoms with Crippen LogP contribution in [0.15, 0.2) is 22.7 Å². The molecule has 0 aromatic carbocycles. The van der Waals surface area contributed by atoms with Crippen molar-refractivity contribution in [3.8, 4) is 0 Å². The second-order valence-corrected chi connectivity index (χ2v) is 6.40. The Morgan fingerprint density at radius 1 is 1.33 bits per heavy atom. The molecular formula is C14H17BN2O9S. The normalized spacial score (nSPS) is 20.6. The van der Waals surface area contributed by atoms with Crippen LogP contribution in [-0.4, -0.2) is 77.8 Å². The van der Waals surface area contributed by atoms with E-state index < -0.39 is 43.6 Å². The standard InChI is InChI=1S/C14H17BN2O9S/c18-11(19)4-8-5-24-6-10(15(23)26-8)16-14(22)13(9-2-1-3-27-9)17-25-7-12(20)21/h1-3,8,10,23H,4-7H2,(H,16,22)(H,18,19)(H,20,21)/b17-13-/t8-,10-/m0/s1. The highest BCUT2D eigenvalue weighted by atomic mass is 32.1. The van der Waals surface area contributed by atoms with E-state index in [-0.39, 0.29) is 25.3 Å². The Morgan fingerprint density at radius 3 is 2.74 bits per heavy atom. The summed E-state index contributed by atoms with van der Waals surface area (Å²) in [7, 11) is -1.50. The maximum absolute atomic E-state index is 12.5. The van der Waals surface area contributed by atoms with Crippen molar-refractivity contribution in [2.45, 2.75) is 18.5 Å². The molecule has 0 spiro atoms. The first-order chi connectivity index (χ1) is 12.9. The number of nitrogens with zero attached hydrogens (tertiary/aromatic N) is 1. The summed E-state index contributed by atoms with van der Waals surface area (Å²) >= 11 is 1.18. The van der Waals surface area contributed by atoms with Crippen molar-refractivity contribution in [1.82, 2.24) is 5.32 Å². The summed E-state index contributed by atoms with van der Waals surface area (Å²) in [6, 6.07) is 3.26. The van der Waals surface area contributed by atoms with Gasteiger partial charge < -0.3 is 34.8 Å². The van der Waals surface area contributed by atoms with Gasteiger partial charge in [-0.2, -0.15) is 0 Å². The molecule has 1 fully saturated rings. The molecule has 0 aliphatic carbocycles. The zero-order chi connectivity index (χ0) is 19.8. The van der Waals surface area contributed by atoms with Gasteiger partial charge in [-0.3, -0.25) is 9.59 Å². The maximum Gasteiger partial charge on any atom is 0.480 e. The van der Waals surface area contributed by atoms with Crippen LogP contribution in [0, 0.1) is 0 Å². The summed E-state index contributed by atoms with van der Waals surface area (Å²) in [5, 5.41) is 35.2. The first kappa shape index (κ1) is 20.8. The first-order valence-corrected chi connectivity index (χ1v) is 8.64. The van der Waals surface area contributed by atoms with E-state index in [9.17, 15) is 19.4 Å². The predicted molar refractivity (Wildman–Crippen MR) is 92.3 cm³/mol. The third-order valence-electron chi connectivity index (χ3n) is 3.31. The lowest BCUT2D eigenvalue weighted by Crippen LogP contribution is -2.52. The Bertz CT molecular complexity index is 697. The Kier molecular flexibility index (Phi) is 7.73. The van der Waals surface area contributed by atoms with Crippen LogP contribution in [0.25, 0.3) is 0 Å². The number of ether oxygens (including phenoxy) is 1. The minimum absolute atomic E-state index is 0.0523. The second-order valence-electron chi connectivity index (χ2n) is 5.45. The van der Waals surface area contributed by atoms with Crippen LogP contribution in [0.2, 0.25) is 0 Å². The van der Waals surface area contributed by atoms with E-state index in [1.54, 1.807) is 17.5 Å². The average molecular weight is 400 g/mol. The van der Waals surface area contributed by atoms with Crippen molar-refractivity contribution in [3.05, 3.63) is 22.4 Å². The molecule has 27 heavy (non-hydrogen) atoms. The SMILES string of the molecule is O=C(O)CO/N=C(\C(=O)N[C@H]1COC[C@H](CC(=O)O)OB1O)c1cccs1. The summed E-state index contributed by atoms with van der Waals surface area (Å²) in [6.45, 7) is -0.892. The summed E-state index contributed by atoms with van der Waals surface area (Å²) < 4.78 is 10.5. The number of hydrogen-bond acceptors (Lipinski definition) is 9. The topological polar surface area (TPSA) is 164 Å². The molecule has 2 rings (SSSR count). The fourth-order valence-corrected chi connectivity index (χ4v) is 2.86. The van der Waals surface area contributed by atoms with Crippen molar-refractivity contribution in [1.29, 1.82) is 0 Å². The van der Waals surface area contributed by atoms with E-state index in [0.29, 0.717) is 4.88 Å². The van der Waals surface area contributed by atoms with Gasteiger partial charge in [-0.05, 0) is 11.4 Å². The molecule has 2 heterocycles. The zero-order valence-corrected chi connectivity index (χ0v) is 14.8. The minimum Gasteiger partial charge on any atom is -0.481 e. The Morgan fingerprint density at radius 2 is 2.11 bits per heavy atom. The molecule has 13 heteroatoms. The number of amides is 1. The number of hydrogen-bond donors (Lipinski definition) is 4. The molecule has 0 radical (unpaired) electrons. The number of aliphatic carboxylic acids is 2. The van der Waals surface area contributed by atoms with Crippen molar-refractivity contribution < 1.29 is 43.8 Å². The summed E-state index contributed by atoms with van der Waals surface area (Å²) in [5.74, 6) is -4.09. The lowest BCUT2D eigenvalue weighted by atomic mass is 9.79. The fraction of sp³-hybridized carbons (Fsp3) is 0.429. The molecule has 0 bridgehead atoms. The molecule has 0 saturated carbocycles. The quantitative estimate of drug-likeness (QED) is 0.242. The highest BCUT2D eigenvalue weighted by Gasteiger charge is 2.36. The molecule has 1 saturated heterocycles. The Hall–Kier alpha value is -2.48. The minimum atomic E-state index is -1.50. The van der Waals surface area contributed by atoms with Crippen molar-refractivity contribution in [2.24, 2.45) is 5.16 Å². The van der Waals surface area contributed by atoms with Gasteiger partial charge in [-0.15, -0.1) is 11.3 Å². The van der Waals surface area contributed by atoms with Gasteiger partial charge in [0.1, 0.15) is 0 Å². The van der Waals surface area contributed by atoms with Gasteiger partial charge >= 0.3 is 19.1 Å². The maximum atomic E-state index is 12.5. The summed E-state index contributed by atoms with van der Waals surface area (Å²) in [6.07, 6.45) is -1.22. The number of carbonyl (C=O) groups excluding carboxylic acids is 1. The van der Waals surface area contributed by atoms with E-state index in [1.165, 1.54) is 11.3 Å². The highest BCUT2D eigenvalue weighted by Crippen LogP contribution is 2.13. The smallest absolute Gasteiger partial charge is 0.480 e. The molecule has 0 unspecified atom stereocenters. The average Bonchev–Trinajstić information content (AvgIpc) is 3.05. The fourth-order valence-electron chi connectivity index (χ4n) is 2.16. The number of carboxylic acid groups (broad SMARTS) is 2. The largest absolute Gasteiger partial charge is 0.481 e. The van der Waals surface area contributed by atoms with Crippen LogP contribution >= 0.6 is 11.3 Å². The van der Waals surface area contributed by atoms with Gasteiger partial charge in [0.15, 0.2) is 5.71 Å². The Balaban J connectivity index is 2.05. The number of carbonyl (C=O) groups is 3. The number of carboxylic acids is 2. The van der Waals surface area contributed by atoms with Crippen LogP contribution in [0.4, 0.5) is 0 Å². The van der Waals surface area contributed by atoms with Crippen LogP contribution in [0.1, 0.15) is 11.3 Å². The number of oxime groups is 1. The van der Waals surface area contributed by atoms with E-state index in [0.717, 1.165) is 0 Å². The van der Waals surface area contributed by atoms with Crippen molar-refractivity contribution >= 4 is 42.0 Å². The van der Waals surface area contributed by atoms with E-state index in [1.807, 2.05) is 0 Å².